The summed E-state index contributed by atoms with van der Waals surface area (Å²) in [5.41, 5.74) is 5.57. The first-order valence-corrected chi connectivity index (χ1v) is 12.3. The molecule has 0 aliphatic carbocycles. The van der Waals surface area contributed by atoms with Gasteiger partial charge in [0.1, 0.15) is 11.9 Å². The minimum absolute atomic E-state index is 0.0900. The summed E-state index contributed by atoms with van der Waals surface area (Å²) >= 11 is 6.00. The number of likely N-dealkylation sites (N-methyl/N-ethyl adjacent to an activating group) is 1. The van der Waals surface area contributed by atoms with Gasteiger partial charge in [-0.3, -0.25) is 14.6 Å². The van der Waals surface area contributed by atoms with Gasteiger partial charge in [-0.2, -0.15) is 0 Å². The van der Waals surface area contributed by atoms with Gasteiger partial charge in [-0.05, 0) is 78.9 Å². The van der Waals surface area contributed by atoms with E-state index in [1.54, 1.807) is 37.5 Å². The predicted octanol–water partition coefficient (Wildman–Crippen LogP) is 4.78. The van der Waals surface area contributed by atoms with Gasteiger partial charge >= 0.3 is 0 Å². The first kappa shape index (κ1) is 24.0. The van der Waals surface area contributed by atoms with Crippen LogP contribution in [-0.2, 0) is 35.3 Å². The quantitative estimate of drug-likeness (QED) is 0.412. The maximum atomic E-state index is 14.5. The molecule has 3 heterocycles. The molecule has 2 bridgehead atoms. The minimum Gasteiger partial charge on any atom is -0.357 e. The first-order chi connectivity index (χ1) is 17.4. The van der Waals surface area contributed by atoms with E-state index in [-0.39, 0.29) is 30.5 Å². The average molecular weight is 505 g/mol. The lowest BCUT2D eigenvalue weighted by atomic mass is 9.99. The van der Waals surface area contributed by atoms with Gasteiger partial charge in [0.25, 0.3) is 0 Å². The van der Waals surface area contributed by atoms with Crippen LogP contribution < -0.4 is 10.2 Å². The van der Waals surface area contributed by atoms with Crippen molar-refractivity contribution in [3.63, 3.8) is 0 Å². The molecule has 0 saturated heterocycles. The van der Waals surface area contributed by atoms with Crippen LogP contribution in [0, 0.1) is 5.82 Å². The summed E-state index contributed by atoms with van der Waals surface area (Å²) < 4.78 is 14.5. The van der Waals surface area contributed by atoms with Crippen LogP contribution in [0.3, 0.4) is 0 Å². The van der Waals surface area contributed by atoms with Crippen molar-refractivity contribution in [3.8, 4) is 0 Å². The van der Waals surface area contributed by atoms with Crippen molar-refractivity contribution in [2.75, 3.05) is 11.9 Å². The fraction of sp³-hybridized carbons (Fsp3) is 0.250. The Kier molecular flexibility index (Phi) is 6.74. The van der Waals surface area contributed by atoms with Gasteiger partial charge in [-0.15, -0.1) is 0 Å². The largest absolute Gasteiger partial charge is 0.357 e. The van der Waals surface area contributed by atoms with Crippen molar-refractivity contribution in [1.29, 1.82) is 0 Å². The molecule has 1 aliphatic rings. The maximum absolute atomic E-state index is 14.5. The highest BCUT2D eigenvalue weighted by Gasteiger charge is 2.27. The minimum atomic E-state index is -0.879. The van der Waals surface area contributed by atoms with E-state index in [0.717, 1.165) is 34.3 Å². The number of hydrogen-bond donors (Lipinski definition) is 2. The number of amides is 2. The van der Waals surface area contributed by atoms with E-state index in [1.165, 1.54) is 17.0 Å². The molecular formula is C28H26ClFN4O2. The number of hydrogen-bond acceptors (Lipinski definition) is 3. The molecule has 4 aromatic rings. The lowest BCUT2D eigenvalue weighted by molar-refractivity contribution is -0.127. The summed E-state index contributed by atoms with van der Waals surface area (Å²) in [6, 6.07) is 14.7. The molecule has 0 fully saturated rings. The van der Waals surface area contributed by atoms with Gasteiger partial charge in [0.05, 0.1) is 17.5 Å². The molecule has 0 radical (unpaired) electrons. The highest BCUT2D eigenvalue weighted by molar-refractivity contribution is 6.30. The van der Waals surface area contributed by atoms with Crippen LogP contribution in [-0.4, -0.2) is 34.9 Å². The number of halogens is 2. The molecule has 2 aromatic carbocycles. The monoisotopic (exact) mass is 504 g/mol. The van der Waals surface area contributed by atoms with E-state index in [1.807, 2.05) is 18.2 Å². The molecule has 2 N–H and O–H groups in total. The number of nitrogens with one attached hydrogen (secondary N) is 2. The molecule has 2 amide bonds. The number of anilines is 1. The Morgan fingerprint density at radius 3 is 2.69 bits per heavy atom. The molecule has 8 heteroatoms. The van der Waals surface area contributed by atoms with Crippen molar-refractivity contribution >= 4 is 40.1 Å². The smallest absolute Gasteiger partial charge is 0.249 e. The maximum Gasteiger partial charge on any atom is 0.249 e. The van der Waals surface area contributed by atoms with Crippen molar-refractivity contribution in [1.82, 2.24) is 15.3 Å². The van der Waals surface area contributed by atoms with Crippen molar-refractivity contribution in [2.24, 2.45) is 0 Å². The number of aryl methyl sites for hydroxylation is 2. The summed E-state index contributed by atoms with van der Waals surface area (Å²) in [5.74, 6) is -0.943. The Morgan fingerprint density at radius 2 is 1.89 bits per heavy atom. The number of fused-ring (bicyclic) bond motifs is 5. The van der Waals surface area contributed by atoms with Crippen molar-refractivity contribution < 1.29 is 14.0 Å². The number of carbonyl (C=O) groups excluding carboxylic acids is 2. The van der Waals surface area contributed by atoms with Crippen LogP contribution in [0.15, 0.2) is 60.8 Å². The summed E-state index contributed by atoms with van der Waals surface area (Å²) in [7, 11) is 1.65. The van der Waals surface area contributed by atoms with E-state index < -0.39 is 6.04 Å². The molecule has 2 aromatic heterocycles. The topological polar surface area (TPSA) is 78.1 Å². The first-order valence-electron chi connectivity index (χ1n) is 11.9. The van der Waals surface area contributed by atoms with Crippen molar-refractivity contribution in [2.45, 2.75) is 38.1 Å². The van der Waals surface area contributed by atoms with Crippen LogP contribution in [0.1, 0.15) is 28.8 Å². The normalized spacial score (nSPS) is 16.3. The van der Waals surface area contributed by atoms with Crippen LogP contribution >= 0.6 is 11.6 Å². The molecule has 1 aliphatic heterocycles. The van der Waals surface area contributed by atoms with Crippen LogP contribution in [0.5, 0.6) is 0 Å². The number of nitrogens with zero attached hydrogens (tertiary/aromatic N) is 2. The Hall–Kier alpha value is -3.71. The summed E-state index contributed by atoms with van der Waals surface area (Å²) in [6.45, 7) is 0. The number of carbonyl (C=O) groups is 2. The second kappa shape index (κ2) is 10.1. The lowest BCUT2D eigenvalue weighted by Gasteiger charge is -2.25. The third kappa shape index (κ3) is 5.11. The summed E-state index contributed by atoms with van der Waals surface area (Å²) in [4.78, 5) is 36.2. The number of aromatic amines is 1. The zero-order valence-electron chi connectivity index (χ0n) is 19.9. The zero-order valence-corrected chi connectivity index (χ0v) is 20.6. The second-order valence-electron chi connectivity index (χ2n) is 9.18. The lowest BCUT2D eigenvalue weighted by Crippen LogP contribution is -2.49. The molecule has 0 spiro atoms. The molecule has 184 valence electrons. The van der Waals surface area contributed by atoms with Gasteiger partial charge in [0, 0.05) is 41.6 Å². The summed E-state index contributed by atoms with van der Waals surface area (Å²) in [5, 5.41) is 3.48. The van der Waals surface area contributed by atoms with E-state index in [9.17, 15) is 14.0 Å². The van der Waals surface area contributed by atoms with Crippen LogP contribution in [0.2, 0.25) is 5.02 Å². The third-order valence-corrected chi connectivity index (χ3v) is 6.86. The number of aromatic nitrogens is 2. The molecular weight excluding hydrogens is 479 g/mol. The van der Waals surface area contributed by atoms with Crippen LogP contribution in [0.25, 0.3) is 11.0 Å². The number of benzene rings is 2. The third-order valence-electron chi connectivity index (χ3n) is 6.61. The van der Waals surface area contributed by atoms with Crippen LogP contribution in [0.4, 0.5) is 10.1 Å². The average Bonchev–Trinajstić information content (AvgIpc) is 3.19. The molecule has 5 rings (SSSR count). The molecule has 6 nitrogen and oxygen atoms in total. The SMILES string of the molecule is CN(C(=O)[C@@H]1Cc2cc(F)cc(c2)CCCc2[nH]c3cccnc3c2CC(=O)N1)c1ccc(Cl)cc1. The highest BCUT2D eigenvalue weighted by Crippen LogP contribution is 2.24. The van der Waals surface area contributed by atoms with Crippen molar-refractivity contribution in [3.05, 3.63) is 94.0 Å². The second-order valence-corrected chi connectivity index (χ2v) is 9.61. The van der Waals surface area contributed by atoms with E-state index >= 15 is 0 Å². The van der Waals surface area contributed by atoms with E-state index in [4.69, 9.17) is 11.6 Å². The van der Waals surface area contributed by atoms with Gasteiger partial charge in [-0.1, -0.05) is 17.7 Å². The van der Waals surface area contributed by atoms with Gasteiger partial charge in [0.2, 0.25) is 11.8 Å². The molecule has 1 atom stereocenters. The molecule has 36 heavy (non-hydrogen) atoms. The molecule has 0 saturated carbocycles. The fourth-order valence-corrected chi connectivity index (χ4v) is 4.97. The standard InChI is InChI=1S/C28H26ClFN4O2/c1-34(21-9-7-19(29)8-10-21)28(36)25-15-18-12-17(13-20(30)14-18)4-2-5-23-22(16-26(35)33-25)27-24(32-23)6-3-11-31-27/h3,6-14,25,32H,2,4-5,15-16H2,1H3,(H,33,35)/t25-/m0/s1. The summed E-state index contributed by atoms with van der Waals surface area (Å²) in [6.07, 6.45) is 4.13. The van der Waals surface area contributed by atoms with E-state index in [2.05, 4.69) is 15.3 Å². The van der Waals surface area contributed by atoms with Gasteiger partial charge in [-0.25, -0.2) is 4.39 Å². The van der Waals surface area contributed by atoms with E-state index in [0.29, 0.717) is 29.1 Å². The highest BCUT2D eigenvalue weighted by atomic mass is 35.5. The fourth-order valence-electron chi connectivity index (χ4n) is 4.85. The Balaban J connectivity index is 1.51. The zero-order chi connectivity index (χ0) is 25.2. The Labute approximate surface area is 213 Å². The predicted molar refractivity (Wildman–Crippen MR) is 139 cm³/mol. The van der Waals surface area contributed by atoms with Gasteiger partial charge in [0.15, 0.2) is 0 Å². The van der Waals surface area contributed by atoms with Gasteiger partial charge < -0.3 is 15.2 Å². The Morgan fingerprint density at radius 1 is 1.11 bits per heavy atom. The Bertz CT molecular complexity index is 1430. The molecule has 0 unspecified atom stereocenters. The number of H-pyrrole nitrogens is 1. The number of pyridine rings is 1. The number of rotatable bonds is 2.